The van der Waals surface area contributed by atoms with Crippen LogP contribution < -0.4 is 11.5 Å². The van der Waals surface area contributed by atoms with Gasteiger partial charge in [-0.3, -0.25) is 0 Å². The van der Waals surface area contributed by atoms with E-state index in [1.54, 1.807) is 0 Å². The molecule has 90 valence electrons. The number of aldehydes is 4. The molecule has 0 radical (unpaired) electrons. The second-order valence-corrected chi connectivity index (χ2v) is 5.45. The van der Waals surface area contributed by atoms with Crippen LogP contribution in [0.3, 0.4) is 0 Å². The summed E-state index contributed by atoms with van der Waals surface area (Å²) in [6.07, 6.45) is 1.93. The van der Waals surface area contributed by atoms with Gasteiger partial charge in [0.1, 0.15) is 25.1 Å². The normalized spacial score (nSPS) is 17.9. The van der Waals surface area contributed by atoms with Crippen molar-refractivity contribution in [1.82, 2.24) is 0 Å². The first-order valence-corrected chi connectivity index (χ1v) is 6.52. The molecule has 8 heteroatoms. The summed E-state index contributed by atoms with van der Waals surface area (Å²) in [7, 11) is 1.91. The van der Waals surface area contributed by atoms with E-state index in [2.05, 4.69) is 0 Å². The highest BCUT2D eigenvalue weighted by atomic mass is 33.1. The second-order valence-electron chi connectivity index (χ2n) is 2.82. The van der Waals surface area contributed by atoms with Gasteiger partial charge in [-0.1, -0.05) is 21.6 Å². The van der Waals surface area contributed by atoms with Crippen LogP contribution in [0.2, 0.25) is 0 Å². The van der Waals surface area contributed by atoms with Crippen LogP contribution >= 0.6 is 21.6 Å². The molecule has 0 spiro atoms. The van der Waals surface area contributed by atoms with Crippen LogP contribution in [-0.2, 0) is 19.2 Å². The summed E-state index contributed by atoms with van der Waals surface area (Å²) in [6, 6.07) is -1.87. The highest BCUT2D eigenvalue weighted by molar-refractivity contribution is 8.77. The maximum Gasteiger partial charge on any atom is 0.138 e. The van der Waals surface area contributed by atoms with Crippen LogP contribution in [0.4, 0.5) is 0 Å². The molecule has 0 bridgehead atoms. The Labute approximate surface area is 100 Å². The molecule has 0 aromatic heterocycles. The summed E-state index contributed by atoms with van der Waals surface area (Å²) in [4.78, 5) is 41.9. The quantitative estimate of drug-likeness (QED) is 0.383. The Morgan fingerprint density at radius 3 is 1.19 bits per heavy atom. The van der Waals surface area contributed by atoms with Gasteiger partial charge in [0.2, 0.25) is 0 Å². The molecule has 0 saturated heterocycles. The molecule has 0 aliphatic carbocycles. The van der Waals surface area contributed by atoms with Crippen molar-refractivity contribution < 1.29 is 19.2 Å². The Kier molecular flexibility index (Phi) is 8.08. The fourth-order valence-electron chi connectivity index (χ4n) is 0.638. The molecule has 0 saturated carbocycles. The van der Waals surface area contributed by atoms with E-state index in [1.165, 1.54) is 0 Å². The Morgan fingerprint density at radius 1 is 0.688 bits per heavy atom. The molecule has 16 heavy (non-hydrogen) atoms. The largest absolute Gasteiger partial charge is 0.320 e. The van der Waals surface area contributed by atoms with Crippen molar-refractivity contribution >= 4 is 46.7 Å². The SMILES string of the molecule is NC(C=O)C(C=O)SSC(C=O)C(N)C=O. The molecule has 4 N–H and O–H groups in total. The minimum Gasteiger partial charge on any atom is -0.320 e. The second kappa shape index (κ2) is 8.45. The minimum atomic E-state index is -0.935. The number of hydrogen-bond donors (Lipinski definition) is 2. The third kappa shape index (κ3) is 4.88. The summed E-state index contributed by atoms with van der Waals surface area (Å²) in [5, 5.41) is -1.52. The van der Waals surface area contributed by atoms with Crippen LogP contribution in [-0.4, -0.2) is 47.7 Å². The fraction of sp³-hybridized carbons (Fsp3) is 0.500. The monoisotopic (exact) mass is 264 g/mol. The van der Waals surface area contributed by atoms with E-state index in [9.17, 15) is 19.2 Å². The van der Waals surface area contributed by atoms with E-state index in [0.29, 0.717) is 25.1 Å². The average molecular weight is 264 g/mol. The van der Waals surface area contributed by atoms with Gasteiger partial charge in [-0.25, -0.2) is 0 Å². The van der Waals surface area contributed by atoms with Crippen molar-refractivity contribution in [2.45, 2.75) is 22.6 Å². The van der Waals surface area contributed by atoms with Crippen molar-refractivity contribution in [3.63, 3.8) is 0 Å². The molecule has 4 atom stereocenters. The number of carbonyl (C=O) groups excluding carboxylic acids is 4. The molecule has 6 nitrogen and oxygen atoms in total. The summed E-state index contributed by atoms with van der Waals surface area (Å²) in [6.45, 7) is 0. The van der Waals surface area contributed by atoms with Crippen molar-refractivity contribution in [3.8, 4) is 0 Å². The predicted octanol–water partition coefficient (Wildman–Crippen LogP) is -1.44. The molecule has 0 rings (SSSR count). The predicted molar refractivity (Wildman–Crippen MR) is 63.0 cm³/mol. The molecular formula is C8H12N2O4S2. The van der Waals surface area contributed by atoms with E-state index >= 15 is 0 Å². The van der Waals surface area contributed by atoms with E-state index in [-0.39, 0.29) is 0 Å². The highest BCUT2D eigenvalue weighted by Gasteiger charge is 2.23. The van der Waals surface area contributed by atoms with E-state index in [4.69, 9.17) is 11.5 Å². The lowest BCUT2D eigenvalue weighted by Crippen LogP contribution is -2.37. The zero-order valence-electron chi connectivity index (χ0n) is 8.22. The first-order valence-electron chi connectivity index (χ1n) is 4.25. The maximum absolute atomic E-state index is 10.6. The zero-order chi connectivity index (χ0) is 12.6. The number of carbonyl (C=O) groups is 4. The maximum atomic E-state index is 10.6. The van der Waals surface area contributed by atoms with Crippen LogP contribution in [0.1, 0.15) is 0 Å². The van der Waals surface area contributed by atoms with Gasteiger partial charge >= 0.3 is 0 Å². The van der Waals surface area contributed by atoms with Crippen LogP contribution in [0, 0.1) is 0 Å². The lowest BCUT2D eigenvalue weighted by atomic mass is 10.3. The van der Waals surface area contributed by atoms with Gasteiger partial charge in [-0.05, 0) is 0 Å². The van der Waals surface area contributed by atoms with Crippen molar-refractivity contribution in [1.29, 1.82) is 0 Å². The van der Waals surface area contributed by atoms with Crippen molar-refractivity contribution in [2.24, 2.45) is 11.5 Å². The van der Waals surface area contributed by atoms with Crippen molar-refractivity contribution in [3.05, 3.63) is 0 Å². The summed E-state index contributed by atoms with van der Waals surface area (Å²) < 4.78 is 0. The fourth-order valence-corrected chi connectivity index (χ4v) is 3.18. The van der Waals surface area contributed by atoms with Gasteiger partial charge in [-0.2, -0.15) is 0 Å². The number of rotatable bonds is 9. The Morgan fingerprint density at radius 2 is 1.00 bits per heavy atom. The van der Waals surface area contributed by atoms with E-state index in [0.717, 1.165) is 21.6 Å². The lowest BCUT2D eigenvalue weighted by molar-refractivity contribution is -0.112. The Balaban J connectivity index is 4.27. The van der Waals surface area contributed by atoms with Gasteiger partial charge in [-0.15, -0.1) is 0 Å². The van der Waals surface area contributed by atoms with E-state index in [1.807, 2.05) is 0 Å². The number of hydrogen-bond acceptors (Lipinski definition) is 8. The number of nitrogens with two attached hydrogens (primary N) is 2. The lowest BCUT2D eigenvalue weighted by Gasteiger charge is -2.16. The van der Waals surface area contributed by atoms with Gasteiger partial charge in [0.15, 0.2) is 0 Å². The molecule has 0 aromatic rings. The zero-order valence-corrected chi connectivity index (χ0v) is 9.86. The van der Waals surface area contributed by atoms with Crippen molar-refractivity contribution in [2.75, 3.05) is 0 Å². The molecule has 0 fully saturated rings. The third-order valence-electron chi connectivity index (χ3n) is 1.62. The van der Waals surface area contributed by atoms with Gasteiger partial charge in [0, 0.05) is 0 Å². The van der Waals surface area contributed by atoms with Gasteiger partial charge in [0.05, 0.1) is 22.6 Å². The first kappa shape index (κ1) is 15.3. The summed E-state index contributed by atoms with van der Waals surface area (Å²) >= 11 is 0. The van der Waals surface area contributed by atoms with Gasteiger partial charge < -0.3 is 30.6 Å². The topological polar surface area (TPSA) is 120 Å². The smallest absolute Gasteiger partial charge is 0.138 e. The average Bonchev–Trinajstić information content (AvgIpc) is 2.33. The summed E-state index contributed by atoms with van der Waals surface area (Å²) in [5.74, 6) is 0. The molecule has 0 aliphatic rings. The van der Waals surface area contributed by atoms with E-state index < -0.39 is 22.6 Å². The molecule has 0 amide bonds. The minimum absolute atomic E-state index is 0.447. The standard InChI is InChI=1S/C8H12N2O4S2/c9-5(1-11)7(3-13)15-16-8(4-14)6(10)2-12/h1-8H,9-10H2. The van der Waals surface area contributed by atoms with Crippen LogP contribution in [0.5, 0.6) is 0 Å². The Bertz CT molecular complexity index is 238. The summed E-state index contributed by atoms with van der Waals surface area (Å²) in [5.41, 5.74) is 10.7. The highest BCUT2D eigenvalue weighted by Crippen LogP contribution is 2.31. The molecule has 0 heterocycles. The van der Waals surface area contributed by atoms with Gasteiger partial charge in [0.25, 0.3) is 0 Å². The molecular weight excluding hydrogens is 252 g/mol. The third-order valence-corrected chi connectivity index (χ3v) is 4.69. The Hall–Kier alpha value is -0.700. The molecule has 0 aromatic carbocycles. The first-order chi connectivity index (χ1) is 7.60. The van der Waals surface area contributed by atoms with Crippen LogP contribution in [0.15, 0.2) is 0 Å². The van der Waals surface area contributed by atoms with Crippen LogP contribution in [0.25, 0.3) is 0 Å². The molecule has 0 aliphatic heterocycles. The molecule has 4 unspecified atom stereocenters.